The summed E-state index contributed by atoms with van der Waals surface area (Å²) < 4.78 is 5.62. The van der Waals surface area contributed by atoms with Crippen molar-refractivity contribution in [3.8, 4) is 11.3 Å². The number of hydrogen-bond donors (Lipinski definition) is 2. The zero-order chi connectivity index (χ0) is 19.6. The molecule has 0 spiro atoms. The van der Waals surface area contributed by atoms with Crippen LogP contribution in [0, 0.1) is 13.8 Å². The average molecular weight is 419 g/mol. The molecule has 0 aliphatic carbocycles. The van der Waals surface area contributed by atoms with E-state index < -0.39 is 5.91 Å². The standard InChI is InChI=1S/C20H16Cl2N2O2S/c1-11-6-7-15(12(2)10-11)23-20(27)24-19(25)17-9-8-16(26-17)13-4-3-5-14(21)18(13)22/h3-10H,1-2H3,(H2,23,24,25,27). The maximum atomic E-state index is 12.4. The quantitative estimate of drug-likeness (QED) is 0.512. The second-order valence-corrected chi connectivity index (χ2v) is 7.19. The number of amides is 1. The number of furan rings is 1. The number of hydrogen-bond acceptors (Lipinski definition) is 3. The van der Waals surface area contributed by atoms with Crippen molar-refractivity contribution in [3.05, 3.63) is 75.5 Å². The van der Waals surface area contributed by atoms with Gasteiger partial charge in [0.05, 0.1) is 10.0 Å². The summed E-state index contributed by atoms with van der Waals surface area (Å²) in [6.45, 7) is 3.98. The highest BCUT2D eigenvalue weighted by Crippen LogP contribution is 2.34. The van der Waals surface area contributed by atoms with Crippen LogP contribution in [-0.4, -0.2) is 11.0 Å². The van der Waals surface area contributed by atoms with Gasteiger partial charge >= 0.3 is 0 Å². The van der Waals surface area contributed by atoms with E-state index in [1.807, 2.05) is 32.0 Å². The van der Waals surface area contributed by atoms with Crippen molar-refractivity contribution in [1.82, 2.24) is 5.32 Å². The molecule has 0 saturated carbocycles. The molecule has 0 unspecified atom stereocenters. The predicted molar refractivity (Wildman–Crippen MR) is 114 cm³/mol. The molecule has 1 aromatic heterocycles. The Morgan fingerprint density at radius 2 is 1.85 bits per heavy atom. The van der Waals surface area contributed by atoms with Gasteiger partial charge in [-0.05, 0) is 62.0 Å². The molecule has 3 aromatic rings. The van der Waals surface area contributed by atoms with Gasteiger partial charge in [0.25, 0.3) is 5.91 Å². The number of anilines is 1. The van der Waals surface area contributed by atoms with Crippen LogP contribution in [0.4, 0.5) is 5.69 Å². The van der Waals surface area contributed by atoms with Gasteiger partial charge in [0.2, 0.25) is 0 Å². The molecular weight excluding hydrogens is 403 g/mol. The number of aryl methyl sites for hydroxylation is 2. The van der Waals surface area contributed by atoms with E-state index in [2.05, 4.69) is 10.6 Å². The second kappa shape index (κ2) is 8.13. The zero-order valence-electron chi connectivity index (χ0n) is 14.6. The molecule has 0 aliphatic rings. The Hall–Kier alpha value is -2.34. The van der Waals surface area contributed by atoms with Crippen molar-refractivity contribution in [3.63, 3.8) is 0 Å². The van der Waals surface area contributed by atoms with E-state index in [0.717, 1.165) is 16.8 Å². The zero-order valence-corrected chi connectivity index (χ0v) is 16.9. The number of halogens is 2. The van der Waals surface area contributed by atoms with E-state index in [9.17, 15) is 4.79 Å². The molecule has 138 valence electrons. The molecule has 0 saturated heterocycles. The molecule has 0 atom stereocenters. The summed E-state index contributed by atoms with van der Waals surface area (Å²) in [6.07, 6.45) is 0. The number of nitrogens with one attached hydrogen (secondary N) is 2. The summed E-state index contributed by atoms with van der Waals surface area (Å²) in [5.74, 6) is 0.105. The van der Waals surface area contributed by atoms with Gasteiger partial charge in [0.1, 0.15) is 5.76 Å². The molecule has 1 heterocycles. The molecule has 2 aromatic carbocycles. The van der Waals surface area contributed by atoms with Crippen molar-refractivity contribution in [2.45, 2.75) is 13.8 Å². The molecule has 0 bridgehead atoms. The van der Waals surface area contributed by atoms with Gasteiger partial charge in [-0.1, -0.05) is 47.0 Å². The Balaban J connectivity index is 1.70. The van der Waals surface area contributed by atoms with Crippen molar-refractivity contribution in [2.24, 2.45) is 0 Å². The molecule has 3 rings (SSSR count). The molecular formula is C20H16Cl2N2O2S. The fraction of sp³-hybridized carbons (Fsp3) is 0.100. The van der Waals surface area contributed by atoms with Crippen LogP contribution in [0.2, 0.25) is 10.0 Å². The van der Waals surface area contributed by atoms with Crippen LogP contribution in [0.5, 0.6) is 0 Å². The first-order chi connectivity index (χ1) is 12.8. The number of carbonyl (C=O) groups excluding carboxylic acids is 1. The summed E-state index contributed by atoms with van der Waals surface area (Å²) in [7, 11) is 0. The van der Waals surface area contributed by atoms with Crippen molar-refractivity contribution in [1.29, 1.82) is 0 Å². The highest BCUT2D eigenvalue weighted by Gasteiger charge is 2.16. The largest absolute Gasteiger partial charge is 0.451 e. The van der Waals surface area contributed by atoms with Gasteiger partial charge < -0.3 is 9.73 Å². The highest BCUT2D eigenvalue weighted by atomic mass is 35.5. The summed E-state index contributed by atoms with van der Waals surface area (Å²) in [5, 5.41) is 6.58. The van der Waals surface area contributed by atoms with E-state index in [-0.39, 0.29) is 10.9 Å². The number of carbonyl (C=O) groups is 1. The number of thiocarbonyl (C=S) groups is 1. The van der Waals surface area contributed by atoms with Crippen molar-refractivity contribution < 1.29 is 9.21 Å². The Kier molecular flexibility index (Phi) is 5.85. The van der Waals surface area contributed by atoms with Crippen LogP contribution in [0.3, 0.4) is 0 Å². The SMILES string of the molecule is Cc1ccc(NC(=S)NC(=O)c2ccc(-c3cccc(Cl)c3Cl)o2)c(C)c1. The fourth-order valence-electron chi connectivity index (χ4n) is 2.57. The third kappa shape index (κ3) is 4.50. The third-order valence-corrected chi connectivity index (χ3v) is 4.93. The Bertz CT molecular complexity index is 1030. The maximum Gasteiger partial charge on any atom is 0.293 e. The average Bonchev–Trinajstić information content (AvgIpc) is 3.10. The summed E-state index contributed by atoms with van der Waals surface area (Å²) >= 11 is 17.4. The molecule has 7 heteroatoms. The van der Waals surface area contributed by atoms with Crippen LogP contribution >= 0.6 is 35.4 Å². The number of benzene rings is 2. The van der Waals surface area contributed by atoms with Gasteiger partial charge in [-0.25, -0.2) is 0 Å². The Labute approximate surface area is 172 Å². The van der Waals surface area contributed by atoms with Crippen molar-refractivity contribution >= 4 is 52.1 Å². The lowest BCUT2D eigenvalue weighted by Gasteiger charge is -2.11. The first-order valence-electron chi connectivity index (χ1n) is 8.09. The van der Waals surface area contributed by atoms with Crippen molar-refractivity contribution in [2.75, 3.05) is 5.32 Å². The molecule has 27 heavy (non-hydrogen) atoms. The van der Waals surface area contributed by atoms with E-state index in [1.165, 1.54) is 0 Å². The molecule has 2 N–H and O–H groups in total. The molecule has 1 amide bonds. The summed E-state index contributed by atoms with van der Waals surface area (Å²) in [4.78, 5) is 12.4. The van der Waals surface area contributed by atoms with Gasteiger partial charge in [-0.2, -0.15) is 0 Å². The van der Waals surface area contributed by atoms with Crippen LogP contribution < -0.4 is 10.6 Å². The monoisotopic (exact) mass is 418 g/mol. The maximum absolute atomic E-state index is 12.4. The van der Waals surface area contributed by atoms with Gasteiger partial charge in [0, 0.05) is 11.3 Å². The van der Waals surface area contributed by atoms with Crippen LogP contribution in [0.25, 0.3) is 11.3 Å². The minimum Gasteiger partial charge on any atom is -0.451 e. The number of rotatable bonds is 3. The summed E-state index contributed by atoms with van der Waals surface area (Å²) in [6, 6.07) is 14.3. The molecule has 0 fully saturated rings. The van der Waals surface area contributed by atoms with Crippen LogP contribution in [-0.2, 0) is 0 Å². The minimum atomic E-state index is -0.457. The summed E-state index contributed by atoms with van der Waals surface area (Å²) in [5.41, 5.74) is 3.62. The van der Waals surface area contributed by atoms with Gasteiger partial charge in [-0.3, -0.25) is 10.1 Å². The van der Waals surface area contributed by atoms with E-state index in [4.69, 9.17) is 39.8 Å². The minimum absolute atomic E-state index is 0.117. The molecule has 4 nitrogen and oxygen atoms in total. The molecule has 0 aliphatic heterocycles. The smallest absolute Gasteiger partial charge is 0.293 e. The topological polar surface area (TPSA) is 54.3 Å². The highest BCUT2D eigenvalue weighted by molar-refractivity contribution is 7.80. The predicted octanol–water partition coefficient (Wildman–Crippen LogP) is 6.00. The second-order valence-electron chi connectivity index (χ2n) is 5.99. The van der Waals surface area contributed by atoms with E-state index in [0.29, 0.717) is 21.4 Å². The van der Waals surface area contributed by atoms with E-state index >= 15 is 0 Å². The lowest BCUT2D eigenvalue weighted by Crippen LogP contribution is -2.34. The Morgan fingerprint density at radius 1 is 1.07 bits per heavy atom. The Morgan fingerprint density at radius 3 is 2.59 bits per heavy atom. The third-order valence-electron chi connectivity index (χ3n) is 3.90. The lowest BCUT2D eigenvalue weighted by atomic mass is 10.1. The molecule has 0 radical (unpaired) electrons. The fourth-order valence-corrected chi connectivity index (χ4v) is 3.17. The first-order valence-corrected chi connectivity index (χ1v) is 9.25. The first kappa shape index (κ1) is 19.4. The van der Waals surface area contributed by atoms with E-state index in [1.54, 1.807) is 30.3 Å². The normalized spacial score (nSPS) is 10.5. The van der Waals surface area contributed by atoms with Crippen LogP contribution in [0.1, 0.15) is 21.7 Å². The lowest BCUT2D eigenvalue weighted by molar-refractivity contribution is 0.0951. The van der Waals surface area contributed by atoms with Crippen LogP contribution in [0.15, 0.2) is 52.9 Å². The van der Waals surface area contributed by atoms with Gasteiger partial charge in [0.15, 0.2) is 10.9 Å². The van der Waals surface area contributed by atoms with Gasteiger partial charge in [-0.15, -0.1) is 0 Å².